The van der Waals surface area contributed by atoms with Gasteiger partial charge in [-0.2, -0.15) is 0 Å². The second kappa shape index (κ2) is 31.2. The average Bonchev–Trinajstić information content (AvgIpc) is 4.16. The fourth-order valence-electron chi connectivity index (χ4n) is 12.6. The molecule has 0 bridgehead atoms. The molecule has 13 heteroatoms. The van der Waals surface area contributed by atoms with E-state index in [1.165, 1.54) is 116 Å². The minimum absolute atomic E-state index is 0.0888. The van der Waals surface area contributed by atoms with Gasteiger partial charge in [-0.3, -0.25) is 19.2 Å². The minimum Gasteiger partial charge on any atom is -0.481 e. The molecule has 0 radical (unpaired) electrons. The van der Waals surface area contributed by atoms with Crippen LogP contribution < -0.4 is 0 Å². The van der Waals surface area contributed by atoms with Crippen LogP contribution in [0.4, 0.5) is 0 Å². The largest absolute Gasteiger partial charge is 0.481 e. The van der Waals surface area contributed by atoms with E-state index in [2.05, 4.69) is 26.0 Å². The van der Waals surface area contributed by atoms with Gasteiger partial charge in [0.25, 0.3) is 0 Å². The molecule has 1 saturated carbocycles. The number of carbonyl (C=O) groups excluding carboxylic acids is 3. The van der Waals surface area contributed by atoms with E-state index in [0.717, 1.165) is 50.4 Å². The second-order valence-electron chi connectivity index (χ2n) is 21.9. The van der Waals surface area contributed by atoms with Gasteiger partial charge in [0.05, 0.1) is 38.3 Å². The van der Waals surface area contributed by atoms with E-state index in [0.29, 0.717) is 63.6 Å². The Morgan fingerprint density at radius 3 is 1.24 bits per heavy atom. The molecular weight excluding hydrogens is 893 g/mol. The van der Waals surface area contributed by atoms with E-state index < -0.39 is 30.4 Å². The smallest absolute Gasteiger partial charge is 0.309 e. The summed E-state index contributed by atoms with van der Waals surface area (Å²) in [5, 5.41) is 9.29. The highest BCUT2D eigenvalue weighted by atomic mass is 16.7. The third-order valence-corrected chi connectivity index (χ3v) is 16.8. The number of ether oxygens (including phenoxy) is 8. The summed E-state index contributed by atoms with van der Waals surface area (Å²) in [4.78, 5) is 49.8. The number of carboxylic acids is 1. The maximum absolute atomic E-state index is 13.0. The van der Waals surface area contributed by atoms with Crippen LogP contribution in [-0.4, -0.2) is 111 Å². The summed E-state index contributed by atoms with van der Waals surface area (Å²) in [5.74, 6) is 0.709. The Bertz CT molecular complexity index is 1560. The molecule has 0 aromatic rings. The number of rotatable bonds is 34. The first-order valence-electron chi connectivity index (χ1n) is 28.7. The Kier molecular flexibility index (Phi) is 25.3. The lowest BCUT2D eigenvalue weighted by atomic mass is 9.64. The van der Waals surface area contributed by atoms with Gasteiger partial charge in [0.15, 0.2) is 18.3 Å². The average molecular weight is 987 g/mol. The van der Waals surface area contributed by atoms with Crippen molar-refractivity contribution in [2.45, 2.75) is 255 Å². The van der Waals surface area contributed by atoms with Crippen molar-refractivity contribution in [3.05, 3.63) is 12.2 Å². The Morgan fingerprint density at radius 2 is 0.814 bits per heavy atom. The summed E-state index contributed by atoms with van der Waals surface area (Å²) in [6.45, 7) is 5.90. The molecule has 5 unspecified atom stereocenters. The molecule has 0 aromatic carbocycles. The standard InChI is InChI=1S/C57H94O13/c1-4-6-8-18-24-40-30-31-41(25-19-14-11-10-12-16-22-28-50(58)68-47-37-65-52-46(63-3)36-64-53(47)52)45(44(40)26-20-9-7-5-2)27-21-15-13-17-23-29-51(59)69-48-38-66-55-49(39-67-54(48)55)70-57(62)43-34-32-42(33-35-43)56(60)61/h30-31,40-49,52-55H,4-29,32-39H2,1-3H3,(H,60,61)/t40?,41?,42?,43?,44?,45?,46-,47+,48?,49+,52-,53-,54-,55-/m1/s1. The lowest BCUT2D eigenvalue weighted by molar-refractivity contribution is -0.162. The number of methoxy groups -OCH3 is 1. The van der Waals surface area contributed by atoms with Gasteiger partial charge in [-0.05, 0) is 87.9 Å². The first-order valence-corrected chi connectivity index (χ1v) is 28.7. The predicted octanol–water partition coefficient (Wildman–Crippen LogP) is 11.4. The number of esters is 3. The maximum Gasteiger partial charge on any atom is 0.309 e. The zero-order valence-corrected chi connectivity index (χ0v) is 43.6. The summed E-state index contributed by atoms with van der Waals surface area (Å²) >= 11 is 0. The first kappa shape index (κ1) is 56.7. The summed E-state index contributed by atoms with van der Waals surface area (Å²) in [7, 11) is 1.66. The molecule has 6 aliphatic rings. The van der Waals surface area contributed by atoms with Crippen molar-refractivity contribution in [3.63, 3.8) is 0 Å². The number of aliphatic carboxylic acids is 1. The third-order valence-electron chi connectivity index (χ3n) is 16.8. The summed E-state index contributed by atoms with van der Waals surface area (Å²) in [6.07, 6.45) is 34.7. The molecule has 70 heavy (non-hydrogen) atoms. The Labute approximate surface area is 421 Å². The van der Waals surface area contributed by atoms with Gasteiger partial charge in [0, 0.05) is 20.0 Å². The lowest BCUT2D eigenvalue weighted by Crippen LogP contribution is -2.37. The SMILES string of the molecule is CCCCCCC1C=CC(CCCCCCCCCC(=O)O[C@H]2CO[C@H]3[C@@H]2OC[C@H]3OC)C(CCCCCCCC(=O)OC2CO[C@@H]3[C@@H](OC(=O)C4CCC(C(=O)O)CC4)CO[C@H]23)C1CCCCCC. The Morgan fingerprint density at radius 1 is 0.457 bits per heavy atom. The quantitative estimate of drug-likeness (QED) is 0.0281. The van der Waals surface area contributed by atoms with E-state index in [-0.39, 0.29) is 67.4 Å². The molecule has 0 spiro atoms. The van der Waals surface area contributed by atoms with Crippen molar-refractivity contribution < 1.29 is 62.2 Å². The molecule has 400 valence electrons. The molecule has 2 aliphatic carbocycles. The minimum atomic E-state index is -0.799. The van der Waals surface area contributed by atoms with Crippen LogP contribution in [0.15, 0.2) is 12.2 Å². The molecule has 1 N–H and O–H groups in total. The summed E-state index contributed by atoms with van der Waals surface area (Å²) in [6, 6.07) is 0. The van der Waals surface area contributed by atoms with E-state index in [9.17, 15) is 24.3 Å². The van der Waals surface area contributed by atoms with Crippen LogP contribution >= 0.6 is 0 Å². The molecule has 4 heterocycles. The molecule has 0 amide bonds. The van der Waals surface area contributed by atoms with Crippen LogP contribution in [-0.2, 0) is 57.1 Å². The third kappa shape index (κ3) is 17.5. The highest BCUT2D eigenvalue weighted by molar-refractivity contribution is 5.74. The van der Waals surface area contributed by atoms with E-state index in [1.54, 1.807) is 7.11 Å². The topological polar surface area (TPSA) is 162 Å². The second-order valence-corrected chi connectivity index (χ2v) is 21.9. The summed E-state index contributed by atoms with van der Waals surface area (Å²) < 4.78 is 46.3. The fourth-order valence-corrected chi connectivity index (χ4v) is 12.6. The van der Waals surface area contributed by atoms with Gasteiger partial charge in [0.1, 0.15) is 30.5 Å². The van der Waals surface area contributed by atoms with Gasteiger partial charge in [-0.1, -0.05) is 142 Å². The number of hydrogen-bond donors (Lipinski definition) is 1. The van der Waals surface area contributed by atoms with E-state index in [1.807, 2.05) is 0 Å². The lowest BCUT2D eigenvalue weighted by Gasteiger charge is -2.41. The Balaban J connectivity index is 0.864. The van der Waals surface area contributed by atoms with Crippen LogP contribution in [0.5, 0.6) is 0 Å². The van der Waals surface area contributed by atoms with Crippen LogP contribution in [0.1, 0.15) is 206 Å². The summed E-state index contributed by atoms with van der Waals surface area (Å²) in [5.41, 5.74) is 0. The molecular formula is C57H94O13. The zero-order valence-electron chi connectivity index (χ0n) is 43.6. The van der Waals surface area contributed by atoms with Crippen molar-refractivity contribution in [3.8, 4) is 0 Å². The molecule has 4 aliphatic heterocycles. The predicted molar refractivity (Wildman–Crippen MR) is 267 cm³/mol. The van der Waals surface area contributed by atoms with Crippen LogP contribution in [0.25, 0.3) is 0 Å². The number of fused-ring (bicyclic) bond motifs is 2. The molecule has 0 aromatic heterocycles. The number of allylic oxidation sites excluding steroid dienone is 2. The number of carbonyl (C=O) groups is 4. The van der Waals surface area contributed by atoms with Crippen molar-refractivity contribution in [2.75, 3.05) is 33.5 Å². The molecule has 12 atom stereocenters. The first-order chi connectivity index (χ1) is 34.2. The zero-order chi connectivity index (χ0) is 49.5. The monoisotopic (exact) mass is 987 g/mol. The molecule has 13 nitrogen and oxygen atoms in total. The van der Waals surface area contributed by atoms with E-state index in [4.69, 9.17) is 37.9 Å². The number of carboxylic acid groups (broad SMARTS) is 1. The van der Waals surface area contributed by atoms with Gasteiger partial charge >= 0.3 is 23.9 Å². The van der Waals surface area contributed by atoms with Crippen molar-refractivity contribution in [2.24, 2.45) is 35.5 Å². The molecule has 6 rings (SSSR count). The van der Waals surface area contributed by atoms with Crippen molar-refractivity contribution in [1.29, 1.82) is 0 Å². The van der Waals surface area contributed by atoms with Crippen LogP contribution in [0.3, 0.4) is 0 Å². The highest BCUT2D eigenvalue weighted by Crippen LogP contribution is 2.45. The molecule has 4 saturated heterocycles. The normalized spacial score (nSPS) is 32.4. The van der Waals surface area contributed by atoms with E-state index >= 15 is 0 Å². The van der Waals surface area contributed by atoms with Gasteiger partial charge in [0.2, 0.25) is 0 Å². The number of unbranched alkanes of at least 4 members (excludes halogenated alkanes) is 16. The van der Waals surface area contributed by atoms with Crippen molar-refractivity contribution in [1.82, 2.24) is 0 Å². The maximum atomic E-state index is 13.0. The van der Waals surface area contributed by atoms with Gasteiger partial charge in [-0.15, -0.1) is 0 Å². The molecule has 5 fully saturated rings. The van der Waals surface area contributed by atoms with Crippen LogP contribution in [0.2, 0.25) is 0 Å². The Hall–Kier alpha value is -2.58. The van der Waals surface area contributed by atoms with Crippen molar-refractivity contribution >= 4 is 23.9 Å². The van der Waals surface area contributed by atoms with Crippen LogP contribution in [0, 0.1) is 35.5 Å². The fraction of sp³-hybridized carbons (Fsp3) is 0.895. The van der Waals surface area contributed by atoms with Gasteiger partial charge < -0.3 is 43.0 Å². The highest BCUT2D eigenvalue weighted by Gasteiger charge is 2.52. The van der Waals surface area contributed by atoms with Gasteiger partial charge in [-0.25, -0.2) is 0 Å². The number of hydrogen-bond acceptors (Lipinski definition) is 12.